The largest absolute Gasteiger partial charge is 0.504 e. The predicted octanol–water partition coefficient (Wildman–Crippen LogP) is 3.29. The summed E-state index contributed by atoms with van der Waals surface area (Å²) in [5.41, 5.74) is 2.17. The minimum Gasteiger partial charge on any atom is -0.504 e. The molecule has 0 saturated carbocycles. The Labute approximate surface area is 107 Å². The van der Waals surface area contributed by atoms with Crippen LogP contribution < -0.4 is 0 Å². The number of halogens is 1. The van der Waals surface area contributed by atoms with Gasteiger partial charge in [0.05, 0.1) is 10.7 Å². The number of para-hydroxylation sites is 1. The van der Waals surface area contributed by atoms with Crippen molar-refractivity contribution in [2.45, 2.75) is 0 Å². The van der Waals surface area contributed by atoms with Crippen LogP contribution in [-0.4, -0.2) is 20.4 Å². The van der Waals surface area contributed by atoms with Crippen LogP contribution in [0.25, 0.3) is 22.2 Å². The summed E-state index contributed by atoms with van der Waals surface area (Å²) >= 11 is 6.04. The molecule has 90 valence electrons. The van der Waals surface area contributed by atoms with Crippen LogP contribution >= 0.6 is 11.6 Å². The molecule has 0 aliphatic rings. The summed E-state index contributed by atoms with van der Waals surface area (Å²) in [6.45, 7) is 0. The van der Waals surface area contributed by atoms with Gasteiger partial charge in [0.2, 0.25) is 0 Å². The number of phenols is 2. The summed E-state index contributed by atoms with van der Waals surface area (Å²) < 4.78 is 0. The van der Waals surface area contributed by atoms with Crippen LogP contribution in [0.4, 0.5) is 0 Å². The maximum atomic E-state index is 9.52. The number of benzene rings is 2. The number of rotatable bonds is 1. The topological polar surface area (TPSA) is 69.1 Å². The minimum absolute atomic E-state index is 0.152. The fourth-order valence-electron chi connectivity index (χ4n) is 1.90. The van der Waals surface area contributed by atoms with Crippen LogP contribution in [-0.2, 0) is 0 Å². The summed E-state index contributed by atoms with van der Waals surface area (Å²) in [5.74, 6) is -0.321. The van der Waals surface area contributed by atoms with Gasteiger partial charge in [0.1, 0.15) is 5.52 Å². The number of hydrogen-bond donors (Lipinski definition) is 3. The van der Waals surface area contributed by atoms with Crippen molar-refractivity contribution in [3.63, 3.8) is 0 Å². The monoisotopic (exact) mass is 260 g/mol. The zero-order chi connectivity index (χ0) is 12.7. The van der Waals surface area contributed by atoms with Gasteiger partial charge < -0.3 is 10.2 Å². The van der Waals surface area contributed by atoms with Crippen LogP contribution in [0.3, 0.4) is 0 Å². The summed E-state index contributed by atoms with van der Waals surface area (Å²) in [7, 11) is 0. The number of aromatic hydroxyl groups is 2. The third-order valence-corrected chi connectivity index (χ3v) is 3.10. The Morgan fingerprint density at radius 2 is 1.89 bits per heavy atom. The third-order valence-electron chi connectivity index (χ3n) is 2.80. The molecule has 1 heterocycles. The second-order valence-electron chi connectivity index (χ2n) is 3.94. The van der Waals surface area contributed by atoms with Gasteiger partial charge in [-0.25, -0.2) is 0 Å². The van der Waals surface area contributed by atoms with Gasteiger partial charge in [-0.15, -0.1) is 0 Å². The number of hydrogen-bond acceptors (Lipinski definition) is 3. The lowest BCUT2D eigenvalue weighted by molar-refractivity contribution is 0.404. The van der Waals surface area contributed by atoms with Gasteiger partial charge in [0.25, 0.3) is 0 Å². The smallest absolute Gasteiger partial charge is 0.158 e. The van der Waals surface area contributed by atoms with Crippen LogP contribution in [0.5, 0.6) is 11.5 Å². The average molecular weight is 261 g/mol. The molecule has 18 heavy (non-hydrogen) atoms. The van der Waals surface area contributed by atoms with E-state index in [0.29, 0.717) is 10.5 Å². The highest BCUT2D eigenvalue weighted by atomic mass is 35.5. The van der Waals surface area contributed by atoms with Crippen molar-refractivity contribution in [1.29, 1.82) is 0 Å². The Morgan fingerprint density at radius 3 is 2.67 bits per heavy atom. The molecule has 3 N–H and O–H groups in total. The van der Waals surface area contributed by atoms with Crippen LogP contribution in [0.15, 0.2) is 36.4 Å². The van der Waals surface area contributed by atoms with E-state index in [1.807, 2.05) is 12.1 Å². The van der Waals surface area contributed by atoms with E-state index in [1.165, 1.54) is 12.1 Å². The molecule has 0 spiro atoms. The van der Waals surface area contributed by atoms with E-state index < -0.39 is 0 Å². The van der Waals surface area contributed by atoms with Crippen LogP contribution in [0.1, 0.15) is 0 Å². The second-order valence-corrected chi connectivity index (χ2v) is 4.35. The second kappa shape index (κ2) is 3.92. The number of fused-ring (bicyclic) bond motifs is 1. The first kappa shape index (κ1) is 10.9. The first-order valence-electron chi connectivity index (χ1n) is 5.32. The van der Waals surface area contributed by atoms with Gasteiger partial charge >= 0.3 is 0 Å². The van der Waals surface area contributed by atoms with Gasteiger partial charge in [0.15, 0.2) is 11.5 Å². The van der Waals surface area contributed by atoms with Crippen LogP contribution in [0.2, 0.25) is 5.02 Å². The number of nitrogens with one attached hydrogen (secondary N) is 1. The highest BCUT2D eigenvalue weighted by Crippen LogP contribution is 2.34. The zero-order valence-corrected chi connectivity index (χ0v) is 9.94. The SMILES string of the molecule is Oc1ccc(-c2[nH]nc3c(Cl)cccc23)cc1O. The highest BCUT2D eigenvalue weighted by Gasteiger charge is 2.11. The van der Waals surface area contributed by atoms with Crippen molar-refractivity contribution in [3.8, 4) is 22.8 Å². The highest BCUT2D eigenvalue weighted by molar-refractivity contribution is 6.35. The fourth-order valence-corrected chi connectivity index (χ4v) is 2.12. The zero-order valence-electron chi connectivity index (χ0n) is 9.18. The van der Waals surface area contributed by atoms with E-state index in [2.05, 4.69) is 10.2 Å². The van der Waals surface area contributed by atoms with Crippen molar-refractivity contribution in [2.24, 2.45) is 0 Å². The van der Waals surface area contributed by atoms with E-state index in [4.69, 9.17) is 11.6 Å². The van der Waals surface area contributed by atoms with E-state index in [0.717, 1.165) is 16.6 Å². The Morgan fingerprint density at radius 1 is 1.06 bits per heavy atom. The molecule has 0 aliphatic carbocycles. The molecule has 0 atom stereocenters. The first-order chi connectivity index (χ1) is 8.66. The Kier molecular flexibility index (Phi) is 2.38. The normalized spacial score (nSPS) is 10.9. The maximum Gasteiger partial charge on any atom is 0.158 e. The number of nitrogens with zero attached hydrogens (tertiary/aromatic N) is 1. The number of aromatic amines is 1. The lowest BCUT2D eigenvalue weighted by atomic mass is 10.1. The van der Waals surface area contributed by atoms with Crippen molar-refractivity contribution < 1.29 is 10.2 Å². The van der Waals surface area contributed by atoms with Crippen molar-refractivity contribution in [1.82, 2.24) is 10.2 Å². The lowest BCUT2D eigenvalue weighted by Gasteiger charge is -2.02. The molecule has 0 unspecified atom stereocenters. The van der Waals surface area contributed by atoms with E-state index >= 15 is 0 Å². The molecular formula is C13H9ClN2O2. The molecule has 0 saturated heterocycles. The van der Waals surface area contributed by atoms with Crippen molar-refractivity contribution in [3.05, 3.63) is 41.4 Å². The standard InChI is InChI=1S/C13H9ClN2O2/c14-9-3-1-2-8-12(15-16-13(8)9)7-4-5-10(17)11(18)6-7/h1-6,17-18H,(H,15,16). The molecule has 3 rings (SSSR count). The number of phenolic OH excluding ortho intramolecular Hbond substituents is 2. The number of H-pyrrole nitrogens is 1. The van der Waals surface area contributed by atoms with Gasteiger partial charge in [-0.05, 0) is 24.3 Å². The van der Waals surface area contributed by atoms with Gasteiger partial charge in [-0.1, -0.05) is 23.7 Å². The molecule has 5 heteroatoms. The predicted molar refractivity (Wildman–Crippen MR) is 69.9 cm³/mol. The molecule has 0 amide bonds. The maximum absolute atomic E-state index is 9.52. The molecule has 0 bridgehead atoms. The molecule has 1 aromatic heterocycles. The molecule has 2 aromatic carbocycles. The summed E-state index contributed by atoms with van der Waals surface area (Å²) in [5, 5.41) is 27.3. The quantitative estimate of drug-likeness (QED) is 0.588. The molecule has 0 aliphatic heterocycles. The van der Waals surface area contributed by atoms with E-state index in [9.17, 15) is 10.2 Å². The van der Waals surface area contributed by atoms with Gasteiger partial charge in [0, 0.05) is 10.9 Å². The molecular weight excluding hydrogens is 252 g/mol. The molecule has 0 fully saturated rings. The molecule has 4 nitrogen and oxygen atoms in total. The van der Waals surface area contributed by atoms with Gasteiger partial charge in [-0.3, -0.25) is 5.10 Å². The third kappa shape index (κ3) is 1.58. The van der Waals surface area contributed by atoms with E-state index in [1.54, 1.807) is 12.1 Å². The minimum atomic E-state index is -0.169. The van der Waals surface area contributed by atoms with Crippen molar-refractivity contribution in [2.75, 3.05) is 0 Å². The molecule has 0 radical (unpaired) electrons. The first-order valence-corrected chi connectivity index (χ1v) is 5.69. The fraction of sp³-hybridized carbons (Fsp3) is 0. The summed E-state index contributed by atoms with van der Waals surface area (Å²) in [6, 6.07) is 10.1. The van der Waals surface area contributed by atoms with Crippen LogP contribution in [0, 0.1) is 0 Å². The average Bonchev–Trinajstić information content (AvgIpc) is 2.78. The Bertz CT molecular complexity index is 737. The summed E-state index contributed by atoms with van der Waals surface area (Å²) in [4.78, 5) is 0. The van der Waals surface area contributed by atoms with Gasteiger partial charge in [-0.2, -0.15) is 5.10 Å². The molecule has 3 aromatic rings. The van der Waals surface area contributed by atoms with Crippen molar-refractivity contribution >= 4 is 22.5 Å². The van der Waals surface area contributed by atoms with E-state index in [-0.39, 0.29) is 11.5 Å². The number of aromatic nitrogens is 2. The Balaban J connectivity index is 2.25. The lowest BCUT2D eigenvalue weighted by Crippen LogP contribution is -1.79. The summed E-state index contributed by atoms with van der Waals surface area (Å²) in [6.07, 6.45) is 0. The Hall–Kier alpha value is -2.20.